The number of rotatable bonds is 16. The molecular formula is C23H39NO5. The topological polar surface area (TPSA) is 99.0 Å². The number of carboxylic acids is 1. The maximum Gasteiger partial charge on any atom is 0.303 e. The summed E-state index contributed by atoms with van der Waals surface area (Å²) in [6.07, 6.45) is 14.5. The monoisotopic (exact) mass is 409 g/mol. The van der Waals surface area contributed by atoms with Crippen LogP contribution >= 0.6 is 0 Å². The maximum atomic E-state index is 10.5. The Labute approximate surface area is 175 Å². The van der Waals surface area contributed by atoms with Crippen molar-refractivity contribution in [3.63, 3.8) is 0 Å². The summed E-state index contributed by atoms with van der Waals surface area (Å²) >= 11 is 0. The highest BCUT2D eigenvalue weighted by molar-refractivity contribution is 5.66. The van der Waals surface area contributed by atoms with E-state index in [-0.39, 0.29) is 12.3 Å². The first-order valence-corrected chi connectivity index (χ1v) is 11.4. The van der Waals surface area contributed by atoms with E-state index >= 15 is 0 Å². The number of aliphatic hydroxyl groups is 2. The minimum absolute atomic E-state index is 0.0613. The molecule has 4 atom stereocenters. The van der Waals surface area contributed by atoms with Crippen LogP contribution in [0.3, 0.4) is 0 Å². The number of carbonyl (C=O) groups is 1. The molecule has 0 spiro atoms. The van der Waals surface area contributed by atoms with E-state index in [1.807, 2.05) is 12.2 Å². The molecule has 0 aromatic heterocycles. The Bertz CT molecular complexity index is 559. The van der Waals surface area contributed by atoms with Gasteiger partial charge in [0, 0.05) is 18.0 Å². The molecule has 1 fully saturated rings. The zero-order valence-electron chi connectivity index (χ0n) is 17.8. The highest BCUT2D eigenvalue weighted by Crippen LogP contribution is 2.49. The van der Waals surface area contributed by atoms with E-state index in [0.29, 0.717) is 25.4 Å². The highest BCUT2D eigenvalue weighted by atomic mass is 16.6. The zero-order chi connectivity index (χ0) is 21.1. The fraction of sp³-hybridized carbons (Fsp3) is 0.783. The predicted molar refractivity (Wildman–Crippen MR) is 113 cm³/mol. The minimum atomic E-state index is -0.818. The van der Waals surface area contributed by atoms with E-state index in [1.165, 1.54) is 44.1 Å². The van der Waals surface area contributed by atoms with Crippen molar-refractivity contribution >= 4 is 5.97 Å². The van der Waals surface area contributed by atoms with Crippen molar-refractivity contribution in [3.8, 4) is 0 Å². The summed E-state index contributed by atoms with van der Waals surface area (Å²) in [5, 5.41) is 29.2. The predicted octanol–water partition coefficient (Wildman–Crippen LogP) is 4.09. The molecule has 166 valence electrons. The number of unbranched alkanes of at least 4 members (excludes halogenated alkanes) is 6. The van der Waals surface area contributed by atoms with Crippen molar-refractivity contribution in [1.29, 1.82) is 0 Å². The molecule has 6 heteroatoms. The Hall–Kier alpha value is -1.37. The second-order valence-corrected chi connectivity index (χ2v) is 8.47. The summed E-state index contributed by atoms with van der Waals surface area (Å²) in [6.45, 7) is 2.58. The Morgan fingerprint density at radius 2 is 1.90 bits per heavy atom. The molecule has 0 amide bonds. The first-order valence-electron chi connectivity index (χ1n) is 11.4. The highest BCUT2D eigenvalue weighted by Gasteiger charge is 2.44. The van der Waals surface area contributed by atoms with Crippen LogP contribution in [0.25, 0.3) is 0 Å². The lowest BCUT2D eigenvalue weighted by molar-refractivity contribution is -0.137. The van der Waals surface area contributed by atoms with Crippen LogP contribution in [0.2, 0.25) is 0 Å². The van der Waals surface area contributed by atoms with Crippen LogP contribution < -0.4 is 5.48 Å². The molecule has 0 aromatic rings. The van der Waals surface area contributed by atoms with Crippen molar-refractivity contribution in [2.24, 2.45) is 11.8 Å². The van der Waals surface area contributed by atoms with E-state index < -0.39 is 18.2 Å². The lowest BCUT2D eigenvalue weighted by Crippen LogP contribution is -2.29. The number of aliphatic carboxylic acids is 1. The molecule has 3 unspecified atom stereocenters. The van der Waals surface area contributed by atoms with Gasteiger partial charge >= 0.3 is 5.97 Å². The van der Waals surface area contributed by atoms with E-state index in [9.17, 15) is 15.0 Å². The van der Waals surface area contributed by atoms with Crippen LogP contribution in [-0.2, 0) is 9.63 Å². The van der Waals surface area contributed by atoms with E-state index in [1.54, 1.807) is 0 Å². The van der Waals surface area contributed by atoms with Crippen LogP contribution in [0, 0.1) is 11.8 Å². The largest absolute Gasteiger partial charge is 0.481 e. The lowest BCUT2D eigenvalue weighted by Gasteiger charge is -2.31. The van der Waals surface area contributed by atoms with Gasteiger partial charge in [0.2, 0.25) is 0 Å². The normalized spacial score (nSPS) is 24.6. The third-order valence-electron chi connectivity index (χ3n) is 6.09. The summed E-state index contributed by atoms with van der Waals surface area (Å²) in [4.78, 5) is 15.8. The Kier molecular flexibility index (Phi) is 10.7. The molecule has 1 saturated carbocycles. The standard InChI is InChI=1S/C23H39NO5/c1-2-3-4-5-6-7-8-10-17(25)12-13-18-19-15-21(20(19)16-22(18)26)24-29-14-9-11-23(27)28/h12-13,17-19,22,24-26H,2-11,14-16H2,1H3,(H,27,28)/t17?,18?,19-,22?/m0/s1. The third-order valence-corrected chi connectivity index (χ3v) is 6.09. The average molecular weight is 410 g/mol. The van der Waals surface area contributed by atoms with Crippen molar-refractivity contribution in [2.45, 2.75) is 96.2 Å². The molecule has 0 aromatic carbocycles. The SMILES string of the molecule is CCCCCCCCCC(O)C=CC1C(O)CC2=C(NOCCCC(=O)O)C[C@H]21. The number of hydrogen-bond acceptors (Lipinski definition) is 5. The van der Waals surface area contributed by atoms with Gasteiger partial charge in [-0.15, -0.1) is 0 Å². The number of carboxylic acid groups (broad SMARTS) is 1. The number of hydroxylamine groups is 1. The number of nitrogens with one attached hydrogen (secondary N) is 1. The van der Waals surface area contributed by atoms with Crippen molar-refractivity contribution in [2.75, 3.05) is 6.61 Å². The number of allylic oxidation sites excluding steroid dienone is 1. The van der Waals surface area contributed by atoms with Gasteiger partial charge in [0.1, 0.15) is 0 Å². The van der Waals surface area contributed by atoms with Gasteiger partial charge in [-0.1, -0.05) is 64.0 Å². The van der Waals surface area contributed by atoms with Gasteiger partial charge < -0.3 is 15.3 Å². The molecule has 4 N–H and O–H groups in total. The third kappa shape index (κ3) is 8.11. The van der Waals surface area contributed by atoms with Crippen LogP contribution in [-0.4, -0.2) is 40.1 Å². The van der Waals surface area contributed by atoms with E-state index in [2.05, 4.69) is 12.4 Å². The van der Waals surface area contributed by atoms with Crippen molar-refractivity contribution in [1.82, 2.24) is 5.48 Å². The van der Waals surface area contributed by atoms with Crippen LogP contribution in [0.15, 0.2) is 23.4 Å². The smallest absolute Gasteiger partial charge is 0.303 e. The molecule has 0 saturated heterocycles. The van der Waals surface area contributed by atoms with Crippen LogP contribution in [0.5, 0.6) is 0 Å². The molecule has 0 heterocycles. The molecule has 2 aliphatic carbocycles. The lowest BCUT2D eigenvalue weighted by atomic mass is 9.79. The summed E-state index contributed by atoms with van der Waals surface area (Å²) in [5.41, 5.74) is 5.14. The molecule has 2 rings (SSSR count). The first-order chi connectivity index (χ1) is 14.0. The quantitative estimate of drug-likeness (QED) is 0.174. The molecule has 0 bridgehead atoms. The van der Waals surface area contributed by atoms with Gasteiger partial charge in [-0.3, -0.25) is 15.1 Å². The van der Waals surface area contributed by atoms with E-state index in [4.69, 9.17) is 9.94 Å². The average Bonchev–Trinajstić information content (AvgIpc) is 2.92. The summed E-state index contributed by atoms with van der Waals surface area (Å²) in [6, 6.07) is 0. The van der Waals surface area contributed by atoms with Gasteiger partial charge in [0.05, 0.1) is 18.8 Å². The fourth-order valence-corrected chi connectivity index (χ4v) is 4.31. The molecule has 29 heavy (non-hydrogen) atoms. The van der Waals surface area contributed by atoms with Gasteiger partial charge in [0.25, 0.3) is 0 Å². The zero-order valence-corrected chi connectivity index (χ0v) is 17.8. The molecule has 2 aliphatic rings. The molecule has 0 radical (unpaired) electrons. The van der Waals surface area contributed by atoms with Crippen molar-refractivity contribution < 1.29 is 25.0 Å². The second kappa shape index (κ2) is 13.0. The molecule has 6 nitrogen and oxygen atoms in total. The summed E-state index contributed by atoms with van der Waals surface area (Å²) < 4.78 is 0. The summed E-state index contributed by atoms with van der Waals surface area (Å²) in [5.74, 6) is -0.439. The second-order valence-electron chi connectivity index (χ2n) is 8.47. The molecule has 0 aliphatic heterocycles. The first kappa shape index (κ1) is 23.9. The minimum Gasteiger partial charge on any atom is -0.481 e. The van der Waals surface area contributed by atoms with Gasteiger partial charge in [-0.2, -0.15) is 0 Å². The van der Waals surface area contributed by atoms with Crippen LogP contribution in [0.1, 0.15) is 84.0 Å². The van der Waals surface area contributed by atoms with Crippen LogP contribution in [0.4, 0.5) is 0 Å². The van der Waals surface area contributed by atoms with E-state index in [0.717, 1.165) is 25.0 Å². The Morgan fingerprint density at radius 1 is 1.17 bits per heavy atom. The van der Waals surface area contributed by atoms with Crippen molar-refractivity contribution in [3.05, 3.63) is 23.4 Å². The fourth-order valence-electron chi connectivity index (χ4n) is 4.31. The maximum absolute atomic E-state index is 10.5. The number of aliphatic hydroxyl groups excluding tert-OH is 2. The van der Waals surface area contributed by atoms with Gasteiger partial charge in [-0.25, -0.2) is 0 Å². The Balaban J connectivity index is 1.63. The molecular weight excluding hydrogens is 370 g/mol. The summed E-state index contributed by atoms with van der Waals surface area (Å²) in [7, 11) is 0. The van der Waals surface area contributed by atoms with Gasteiger partial charge in [0.15, 0.2) is 0 Å². The number of hydrogen-bond donors (Lipinski definition) is 4. The number of fused-ring (bicyclic) bond motifs is 1. The van der Waals surface area contributed by atoms with Gasteiger partial charge in [-0.05, 0) is 37.2 Å². The Morgan fingerprint density at radius 3 is 2.62 bits per heavy atom.